The Labute approximate surface area is 433 Å². The van der Waals surface area contributed by atoms with Crippen LogP contribution in [-0.2, 0) is 14.4 Å². The Kier molecular flexibility index (Phi) is 14.3. The molecule has 0 bridgehead atoms. The zero-order chi connectivity index (χ0) is 50.6. The van der Waals surface area contributed by atoms with E-state index in [2.05, 4.69) is 94.8 Å². The van der Waals surface area contributed by atoms with Gasteiger partial charge in [-0.15, -0.1) is 11.3 Å². The standard InChI is InChI=1S/C56H68BrFN8O5S/c1-33(21-26-63-27-22-35(23-28-63)38-18-20-43-45(29-38)65(39-9-6-7-10-39)54-62-51(69)47-41(57)11-8-12-44(47)66(43)54)13-19-42(36-14-16-37(17-15-36)48-34(2)59-32-72-48)60-50(68)46-30-40(67)31-64(46)52(70)49(55(3,4)5)61-53(71)56(58)24-25-56/h8,11-12,14-18,20,29,32-33,35,39-40,42,46,49,67H,6-7,9-10,13,19,21-28,30-31H2,1-5H3,(H,60,68)(H,61,71)/t33-,40+,42-,46-,49+/m0/s1. The second kappa shape index (κ2) is 20.4. The summed E-state index contributed by atoms with van der Waals surface area (Å²) in [5.41, 5.74) is 6.32. The molecule has 5 atom stereocenters. The topological polar surface area (TPSA) is 154 Å². The number of rotatable bonds is 15. The monoisotopic (exact) mass is 1060 g/mol. The van der Waals surface area contributed by atoms with Gasteiger partial charge in [-0.1, -0.05) is 76.9 Å². The molecule has 5 heterocycles. The van der Waals surface area contributed by atoms with Crippen molar-refractivity contribution in [3.05, 3.63) is 97.8 Å². The molecule has 13 nitrogen and oxygen atoms in total. The molecule has 2 saturated carbocycles. The van der Waals surface area contributed by atoms with E-state index in [0.717, 1.165) is 107 Å². The van der Waals surface area contributed by atoms with Crippen molar-refractivity contribution >= 4 is 72.7 Å². The van der Waals surface area contributed by atoms with Crippen molar-refractivity contribution in [2.24, 2.45) is 11.3 Å². The number of aliphatic hydroxyl groups excluding tert-OH is 1. The second-order valence-corrected chi connectivity index (χ2v) is 24.1. The number of imidazole rings is 1. The molecule has 3 amide bonds. The minimum Gasteiger partial charge on any atom is -0.391 e. The fourth-order valence-corrected chi connectivity index (χ4v) is 13.0. The van der Waals surface area contributed by atoms with Gasteiger partial charge in [-0.05, 0) is 158 Å². The van der Waals surface area contributed by atoms with Gasteiger partial charge in [-0.25, -0.2) is 9.37 Å². The van der Waals surface area contributed by atoms with Gasteiger partial charge < -0.3 is 30.1 Å². The number of piperidine rings is 1. The Bertz CT molecular complexity index is 3060. The maximum absolute atomic E-state index is 14.8. The van der Waals surface area contributed by atoms with Crippen LogP contribution in [0.3, 0.4) is 0 Å². The highest BCUT2D eigenvalue weighted by Crippen LogP contribution is 2.42. The first kappa shape index (κ1) is 50.5. The lowest BCUT2D eigenvalue weighted by Gasteiger charge is -2.36. The number of aryl methyl sites for hydroxylation is 1. The van der Waals surface area contributed by atoms with Crippen molar-refractivity contribution in [1.82, 2.24) is 39.4 Å². The average molecular weight is 1060 g/mol. The van der Waals surface area contributed by atoms with Gasteiger partial charge in [0.1, 0.15) is 12.1 Å². The quantitative estimate of drug-likeness (QED) is 0.0919. The van der Waals surface area contributed by atoms with Crippen LogP contribution in [0, 0.1) is 18.3 Å². The van der Waals surface area contributed by atoms with Crippen LogP contribution < -0.4 is 16.2 Å². The summed E-state index contributed by atoms with van der Waals surface area (Å²) in [6.07, 6.45) is 8.58. The molecular formula is C56H68BrFN8O5S. The van der Waals surface area contributed by atoms with Crippen LogP contribution in [0.1, 0.15) is 140 Å². The minimum absolute atomic E-state index is 0.0553. The summed E-state index contributed by atoms with van der Waals surface area (Å²) in [5, 5.41) is 17.5. The molecule has 3 aromatic carbocycles. The molecule has 4 aliphatic rings. The summed E-state index contributed by atoms with van der Waals surface area (Å²) < 4.78 is 20.1. The summed E-state index contributed by atoms with van der Waals surface area (Å²) in [5.74, 6) is -0.136. The van der Waals surface area contributed by atoms with Gasteiger partial charge in [0.25, 0.3) is 11.5 Å². The van der Waals surface area contributed by atoms with E-state index < -0.39 is 41.1 Å². The van der Waals surface area contributed by atoms with E-state index in [4.69, 9.17) is 4.98 Å². The molecule has 3 aromatic heterocycles. The molecule has 6 aromatic rings. The lowest BCUT2D eigenvalue weighted by Crippen LogP contribution is -2.59. The van der Waals surface area contributed by atoms with Crippen molar-refractivity contribution in [3.63, 3.8) is 0 Å². The fraction of sp³-hybridized carbons (Fsp3) is 0.536. The third-order valence-electron chi connectivity index (χ3n) is 16.2. The third-order valence-corrected chi connectivity index (χ3v) is 17.8. The van der Waals surface area contributed by atoms with Crippen LogP contribution in [0.2, 0.25) is 0 Å². The van der Waals surface area contributed by atoms with Crippen LogP contribution in [0.4, 0.5) is 4.39 Å². The van der Waals surface area contributed by atoms with Crippen LogP contribution in [0.25, 0.3) is 38.2 Å². The highest BCUT2D eigenvalue weighted by atomic mass is 79.9. The zero-order valence-electron chi connectivity index (χ0n) is 42.1. The normalized spacial score (nSPS) is 21.1. The SMILES string of the molecule is Cc1ncsc1-c1ccc([C@H](CC[C@H](C)CCN2CCC(c3ccc4c(c3)n(C3CCCC3)c3nc(=O)c5c(Br)cccc5n43)CC2)NC(=O)[C@@H]2C[C@@H](O)CN2C(=O)[C@@H](NC(=O)C2(F)CC2)C(C)(C)C)cc1. The maximum atomic E-state index is 14.8. The minimum atomic E-state index is -1.96. The molecule has 72 heavy (non-hydrogen) atoms. The number of carbonyl (C=O) groups is 3. The van der Waals surface area contributed by atoms with Crippen molar-refractivity contribution < 1.29 is 23.9 Å². The van der Waals surface area contributed by atoms with E-state index in [1.54, 1.807) is 32.1 Å². The van der Waals surface area contributed by atoms with E-state index in [1.165, 1.54) is 23.3 Å². The average Bonchev–Trinajstić information content (AvgIpc) is 3.81. The smallest absolute Gasteiger partial charge is 0.283 e. The highest BCUT2D eigenvalue weighted by Gasteiger charge is 2.53. The lowest BCUT2D eigenvalue weighted by atomic mass is 9.85. The number of amides is 3. The van der Waals surface area contributed by atoms with Crippen LogP contribution in [0.15, 0.2) is 75.4 Å². The van der Waals surface area contributed by atoms with E-state index in [-0.39, 0.29) is 43.3 Å². The van der Waals surface area contributed by atoms with Gasteiger partial charge in [-0.2, -0.15) is 4.98 Å². The largest absolute Gasteiger partial charge is 0.391 e. The number of nitrogens with zero attached hydrogens (tertiary/aromatic N) is 6. The number of hydrogen-bond donors (Lipinski definition) is 3. The first-order valence-electron chi connectivity index (χ1n) is 26.1. The summed E-state index contributed by atoms with van der Waals surface area (Å²) in [7, 11) is 0. The number of nitrogens with one attached hydrogen (secondary N) is 2. The number of alkyl halides is 1. The number of carbonyl (C=O) groups excluding carboxylic acids is 3. The van der Waals surface area contributed by atoms with Gasteiger partial charge in [-0.3, -0.25) is 23.6 Å². The molecule has 0 unspecified atom stereocenters. The fourth-order valence-electron chi connectivity index (χ4n) is 11.7. The number of halogens is 2. The molecule has 3 N–H and O–H groups in total. The first-order valence-corrected chi connectivity index (χ1v) is 27.8. The van der Waals surface area contributed by atoms with Crippen LogP contribution >= 0.6 is 27.3 Å². The molecule has 4 fully saturated rings. The Morgan fingerprint density at radius 2 is 1.68 bits per heavy atom. The number of aromatic nitrogens is 4. The lowest BCUT2D eigenvalue weighted by molar-refractivity contribution is -0.145. The van der Waals surface area contributed by atoms with Crippen LogP contribution in [0.5, 0.6) is 0 Å². The van der Waals surface area contributed by atoms with E-state index in [0.29, 0.717) is 29.7 Å². The number of likely N-dealkylation sites (tertiary alicyclic amines) is 2. The molecule has 10 rings (SSSR count). The molecule has 0 spiro atoms. The van der Waals surface area contributed by atoms with Crippen molar-refractivity contribution in [2.75, 3.05) is 26.2 Å². The van der Waals surface area contributed by atoms with E-state index in [9.17, 15) is 28.7 Å². The highest BCUT2D eigenvalue weighted by molar-refractivity contribution is 9.10. The summed E-state index contributed by atoms with van der Waals surface area (Å²) in [6, 6.07) is 19.0. The number of benzene rings is 3. The zero-order valence-corrected chi connectivity index (χ0v) is 44.5. The Morgan fingerprint density at radius 1 is 0.944 bits per heavy atom. The molecule has 2 aliphatic heterocycles. The van der Waals surface area contributed by atoms with Gasteiger partial charge >= 0.3 is 0 Å². The van der Waals surface area contributed by atoms with Crippen LogP contribution in [-0.4, -0.2) is 102 Å². The number of fused-ring (bicyclic) bond motifs is 5. The maximum Gasteiger partial charge on any atom is 0.283 e. The molecule has 0 radical (unpaired) electrons. The third kappa shape index (κ3) is 10.1. The van der Waals surface area contributed by atoms with Crippen molar-refractivity contribution in [3.8, 4) is 10.4 Å². The molecule has 2 saturated heterocycles. The Hall–Kier alpha value is -5.03. The van der Waals surface area contributed by atoms with Crippen molar-refractivity contribution in [1.29, 1.82) is 0 Å². The molecule has 382 valence electrons. The van der Waals surface area contributed by atoms with E-state index in [1.807, 2.05) is 30.6 Å². The summed E-state index contributed by atoms with van der Waals surface area (Å²) in [6.45, 7) is 12.6. The Morgan fingerprint density at radius 3 is 2.36 bits per heavy atom. The number of aliphatic hydroxyl groups is 1. The summed E-state index contributed by atoms with van der Waals surface area (Å²) >= 11 is 5.21. The molecule has 2 aliphatic carbocycles. The predicted molar refractivity (Wildman–Crippen MR) is 285 cm³/mol. The first-order chi connectivity index (χ1) is 34.5. The number of hydrogen-bond acceptors (Lipinski definition) is 9. The summed E-state index contributed by atoms with van der Waals surface area (Å²) in [4.78, 5) is 69.2. The van der Waals surface area contributed by atoms with E-state index >= 15 is 0 Å². The van der Waals surface area contributed by atoms with Crippen molar-refractivity contribution in [2.45, 2.75) is 154 Å². The molecular weight excluding hydrogens is 996 g/mol. The Balaban J connectivity index is 0.801. The second-order valence-electron chi connectivity index (χ2n) is 22.4. The number of β-amino-alcohol motifs (C(OH)–C–C–N with tert-alkyl or cyclic N) is 1. The van der Waals surface area contributed by atoms with Gasteiger partial charge in [0.2, 0.25) is 17.6 Å². The molecule has 16 heteroatoms. The van der Waals surface area contributed by atoms with Gasteiger partial charge in [0.05, 0.1) is 50.2 Å². The van der Waals surface area contributed by atoms with Gasteiger partial charge in [0.15, 0.2) is 5.67 Å². The number of thiazole rings is 1. The predicted octanol–water partition coefficient (Wildman–Crippen LogP) is 9.95. The van der Waals surface area contributed by atoms with Gasteiger partial charge in [0, 0.05) is 23.5 Å².